The molecule has 2 aliphatic heterocycles. The number of rotatable bonds is 8. The van der Waals surface area contributed by atoms with Crippen LogP contribution >= 0.6 is 15.9 Å². The Morgan fingerprint density at radius 2 is 1.70 bits per heavy atom. The molecule has 0 atom stereocenters. The van der Waals surface area contributed by atoms with Gasteiger partial charge in [0, 0.05) is 23.6 Å². The maximum Gasteiger partial charge on any atom is 0.279 e. The van der Waals surface area contributed by atoms with E-state index in [4.69, 9.17) is 4.74 Å². The molecule has 1 aliphatic carbocycles. The lowest BCUT2D eigenvalue weighted by Gasteiger charge is -2.35. The van der Waals surface area contributed by atoms with Crippen molar-refractivity contribution >= 4 is 26.1 Å². The molecule has 2 saturated heterocycles. The zero-order valence-corrected chi connectivity index (χ0v) is 21.8. The van der Waals surface area contributed by atoms with Crippen LogP contribution in [0.4, 0.5) is 4.39 Å². The smallest absolute Gasteiger partial charge is 0.279 e. The summed E-state index contributed by atoms with van der Waals surface area (Å²) in [6.45, 7) is 5.21. The van der Waals surface area contributed by atoms with E-state index in [1.165, 1.54) is 29.6 Å². The van der Waals surface area contributed by atoms with E-state index in [1.54, 1.807) is 6.07 Å². The van der Waals surface area contributed by atoms with Crippen molar-refractivity contribution in [2.75, 3.05) is 45.9 Å². The minimum Gasteiger partial charge on any atom is -0.379 e. The SMILES string of the molecule is O=S(=O)(NC1CCC(CCN2CCC(Cc3cc(F)ccc3Br)CC2)CC1)N1CCOCC1. The predicted octanol–water partition coefficient (Wildman–Crippen LogP) is 3.96. The van der Waals surface area contributed by atoms with Crippen molar-refractivity contribution in [1.29, 1.82) is 0 Å². The molecule has 3 aliphatic rings. The molecular weight excluding hydrogens is 509 g/mol. The minimum absolute atomic E-state index is 0.0620. The van der Waals surface area contributed by atoms with Gasteiger partial charge in [-0.2, -0.15) is 17.4 Å². The standard InChI is InChI=1S/C24H37BrFN3O3S/c25-24-6-3-22(26)18-21(24)17-20-8-11-28(12-9-20)10-7-19-1-4-23(5-2-19)27-33(30,31)29-13-15-32-16-14-29/h3,6,18-20,23,27H,1-2,4-5,7-17H2. The lowest BCUT2D eigenvalue weighted by atomic mass is 9.84. The molecule has 1 aromatic carbocycles. The summed E-state index contributed by atoms with van der Waals surface area (Å²) in [5.74, 6) is 1.15. The van der Waals surface area contributed by atoms with Gasteiger partial charge in [0.25, 0.3) is 10.2 Å². The fraction of sp³-hybridized carbons (Fsp3) is 0.750. The third kappa shape index (κ3) is 7.45. The molecule has 1 N–H and O–H groups in total. The number of morpholine rings is 1. The fourth-order valence-corrected chi connectivity index (χ4v) is 7.28. The van der Waals surface area contributed by atoms with Crippen molar-refractivity contribution in [3.8, 4) is 0 Å². The largest absolute Gasteiger partial charge is 0.379 e. The molecule has 3 fully saturated rings. The molecule has 1 aromatic rings. The maximum atomic E-state index is 13.6. The molecule has 0 aromatic heterocycles. The van der Waals surface area contributed by atoms with Gasteiger partial charge in [-0.15, -0.1) is 0 Å². The van der Waals surface area contributed by atoms with Gasteiger partial charge in [-0.05, 0) is 107 Å². The number of hydrogen-bond acceptors (Lipinski definition) is 4. The maximum absolute atomic E-state index is 13.6. The number of ether oxygens (including phenoxy) is 1. The Kier molecular flexibility index (Phi) is 9.20. The Labute approximate surface area is 206 Å². The van der Waals surface area contributed by atoms with E-state index in [0.29, 0.717) is 38.1 Å². The normalized spacial score (nSPS) is 26.5. The summed E-state index contributed by atoms with van der Waals surface area (Å²) in [7, 11) is -3.39. The molecule has 0 radical (unpaired) electrons. The first-order valence-corrected chi connectivity index (χ1v) is 14.6. The number of likely N-dealkylation sites (tertiary alicyclic amines) is 1. The van der Waals surface area contributed by atoms with E-state index in [0.717, 1.165) is 61.8 Å². The number of piperidine rings is 1. The second-order valence-corrected chi connectivity index (χ2v) is 12.4. The van der Waals surface area contributed by atoms with Crippen LogP contribution in [-0.4, -0.2) is 69.6 Å². The quantitative estimate of drug-likeness (QED) is 0.537. The molecule has 2 heterocycles. The van der Waals surface area contributed by atoms with Gasteiger partial charge in [0.15, 0.2) is 0 Å². The second kappa shape index (κ2) is 11.9. The lowest BCUT2D eigenvalue weighted by molar-refractivity contribution is 0.0721. The first-order chi connectivity index (χ1) is 15.9. The van der Waals surface area contributed by atoms with E-state index < -0.39 is 10.2 Å². The molecule has 0 spiro atoms. The summed E-state index contributed by atoms with van der Waals surface area (Å²) in [4.78, 5) is 2.57. The number of nitrogens with one attached hydrogen (secondary N) is 1. The van der Waals surface area contributed by atoms with Crippen LogP contribution in [0, 0.1) is 17.7 Å². The van der Waals surface area contributed by atoms with Crippen LogP contribution in [0.2, 0.25) is 0 Å². The number of hydrogen-bond donors (Lipinski definition) is 1. The topological polar surface area (TPSA) is 61.9 Å². The van der Waals surface area contributed by atoms with Crippen LogP contribution in [0.3, 0.4) is 0 Å². The van der Waals surface area contributed by atoms with Gasteiger partial charge in [0.05, 0.1) is 13.2 Å². The van der Waals surface area contributed by atoms with E-state index in [2.05, 4.69) is 25.6 Å². The zero-order chi connectivity index (χ0) is 23.3. The third-order valence-corrected chi connectivity index (χ3v) is 10.00. The van der Waals surface area contributed by atoms with Crippen molar-refractivity contribution in [3.63, 3.8) is 0 Å². The Balaban J connectivity index is 1.13. The molecule has 0 unspecified atom stereocenters. The van der Waals surface area contributed by atoms with Gasteiger partial charge in [-0.25, -0.2) is 4.39 Å². The van der Waals surface area contributed by atoms with Crippen LogP contribution in [0.5, 0.6) is 0 Å². The van der Waals surface area contributed by atoms with Gasteiger partial charge >= 0.3 is 0 Å². The van der Waals surface area contributed by atoms with E-state index in [9.17, 15) is 12.8 Å². The van der Waals surface area contributed by atoms with Crippen molar-refractivity contribution in [3.05, 3.63) is 34.1 Å². The number of halogens is 2. The Bertz CT molecular complexity index is 866. The Morgan fingerprint density at radius 1 is 1.00 bits per heavy atom. The second-order valence-electron chi connectivity index (χ2n) is 9.87. The van der Waals surface area contributed by atoms with Gasteiger partial charge < -0.3 is 9.64 Å². The van der Waals surface area contributed by atoms with E-state index >= 15 is 0 Å². The van der Waals surface area contributed by atoms with Gasteiger partial charge in [0.2, 0.25) is 0 Å². The van der Waals surface area contributed by atoms with Crippen molar-refractivity contribution in [1.82, 2.24) is 13.9 Å². The average molecular weight is 547 g/mol. The predicted molar refractivity (Wildman–Crippen MR) is 132 cm³/mol. The van der Waals surface area contributed by atoms with E-state index in [1.807, 2.05) is 6.07 Å². The first-order valence-electron chi connectivity index (χ1n) is 12.4. The first kappa shape index (κ1) is 25.5. The van der Waals surface area contributed by atoms with Crippen LogP contribution in [0.25, 0.3) is 0 Å². The summed E-state index contributed by atoms with van der Waals surface area (Å²) in [6.07, 6.45) is 8.52. The Hall–Kier alpha value is -0.580. The molecule has 4 rings (SSSR count). The summed E-state index contributed by atoms with van der Waals surface area (Å²) >= 11 is 3.56. The highest BCUT2D eigenvalue weighted by atomic mass is 79.9. The van der Waals surface area contributed by atoms with Crippen LogP contribution in [0.1, 0.15) is 50.5 Å². The lowest BCUT2D eigenvalue weighted by Crippen LogP contribution is -2.50. The average Bonchev–Trinajstić information content (AvgIpc) is 2.82. The molecule has 0 amide bonds. The monoisotopic (exact) mass is 545 g/mol. The summed E-state index contributed by atoms with van der Waals surface area (Å²) < 4.78 is 49.4. The molecular formula is C24H37BrFN3O3S. The summed E-state index contributed by atoms with van der Waals surface area (Å²) in [5, 5.41) is 0. The van der Waals surface area contributed by atoms with Crippen molar-refractivity contribution < 1.29 is 17.5 Å². The van der Waals surface area contributed by atoms with Gasteiger partial charge in [-0.1, -0.05) is 15.9 Å². The number of nitrogens with zero attached hydrogens (tertiary/aromatic N) is 2. The van der Waals surface area contributed by atoms with Gasteiger partial charge in [0.1, 0.15) is 5.82 Å². The van der Waals surface area contributed by atoms with Gasteiger partial charge in [-0.3, -0.25) is 0 Å². The minimum atomic E-state index is -3.39. The van der Waals surface area contributed by atoms with Crippen LogP contribution in [0.15, 0.2) is 22.7 Å². The highest BCUT2D eigenvalue weighted by Gasteiger charge is 2.30. The van der Waals surface area contributed by atoms with Crippen molar-refractivity contribution in [2.24, 2.45) is 11.8 Å². The molecule has 1 saturated carbocycles. The summed E-state index contributed by atoms with van der Waals surface area (Å²) in [5.41, 5.74) is 1.08. The molecule has 33 heavy (non-hydrogen) atoms. The molecule has 6 nitrogen and oxygen atoms in total. The van der Waals surface area contributed by atoms with Crippen LogP contribution < -0.4 is 4.72 Å². The van der Waals surface area contributed by atoms with Crippen molar-refractivity contribution in [2.45, 2.75) is 57.4 Å². The highest BCUT2D eigenvalue weighted by molar-refractivity contribution is 9.10. The molecule has 186 valence electrons. The molecule has 9 heteroatoms. The third-order valence-electron chi connectivity index (χ3n) is 7.55. The number of benzene rings is 1. The Morgan fingerprint density at radius 3 is 2.39 bits per heavy atom. The highest BCUT2D eigenvalue weighted by Crippen LogP contribution is 2.30. The fourth-order valence-electron chi connectivity index (χ4n) is 5.43. The summed E-state index contributed by atoms with van der Waals surface area (Å²) in [6, 6.07) is 5.03. The zero-order valence-electron chi connectivity index (χ0n) is 19.4. The molecule has 0 bridgehead atoms. The van der Waals surface area contributed by atoms with E-state index in [-0.39, 0.29) is 11.9 Å². The van der Waals surface area contributed by atoms with Crippen LogP contribution in [-0.2, 0) is 21.4 Å².